The van der Waals surface area contributed by atoms with Crippen molar-refractivity contribution in [2.45, 2.75) is 58.7 Å². The van der Waals surface area contributed by atoms with Gasteiger partial charge in [-0.15, -0.1) is 0 Å². The second-order valence-electron chi connectivity index (χ2n) is 4.26. The fraction of sp³-hybridized carbons (Fsp3) is 0.900. The van der Waals surface area contributed by atoms with E-state index in [-0.39, 0.29) is 0 Å². The molecule has 0 aromatic heterocycles. The first kappa shape index (κ1) is 13.4. The van der Waals surface area contributed by atoms with Crippen molar-refractivity contribution < 1.29 is 19.7 Å². The molecule has 0 saturated heterocycles. The zero-order valence-electron chi connectivity index (χ0n) is 9.37. The molecule has 0 aliphatic heterocycles. The third kappa shape index (κ3) is 6.86. The monoisotopic (exact) mass is 204 g/mol. The van der Waals surface area contributed by atoms with Crippen LogP contribution in [0.2, 0.25) is 0 Å². The van der Waals surface area contributed by atoms with Gasteiger partial charge in [-0.3, -0.25) is 0 Å². The molecule has 0 rings (SSSR count). The SMILES string of the molecule is CCCCC(OOC(C)(C)C)C(=O)O. The van der Waals surface area contributed by atoms with E-state index in [4.69, 9.17) is 14.9 Å². The number of carboxylic acids is 1. The highest BCUT2D eigenvalue weighted by molar-refractivity contribution is 5.72. The molecule has 0 aliphatic rings. The maximum atomic E-state index is 10.7. The van der Waals surface area contributed by atoms with Crippen LogP contribution < -0.4 is 0 Å². The van der Waals surface area contributed by atoms with Crippen molar-refractivity contribution in [2.75, 3.05) is 0 Å². The van der Waals surface area contributed by atoms with Crippen LogP contribution in [0, 0.1) is 0 Å². The van der Waals surface area contributed by atoms with Crippen molar-refractivity contribution in [2.24, 2.45) is 0 Å². The smallest absolute Gasteiger partial charge is 0.336 e. The molecule has 0 radical (unpaired) electrons. The van der Waals surface area contributed by atoms with Crippen LogP contribution in [-0.2, 0) is 14.6 Å². The van der Waals surface area contributed by atoms with E-state index in [2.05, 4.69) is 0 Å². The van der Waals surface area contributed by atoms with Gasteiger partial charge in [0, 0.05) is 0 Å². The third-order valence-electron chi connectivity index (χ3n) is 1.51. The Hall–Kier alpha value is -0.610. The molecule has 84 valence electrons. The Kier molecular flexibility index (Phi) is 5.72. The minimum Gasteiger partial charge on any atom is -0.479 e. The van der Waals surface area contributed by atoms with E-state index in [1.54, 1.807) is 0 Å². The summed E-state index contributed by atoms with van der Waals surface area (Å²) in [7, 11) is 0. The van der Waals surface area contributed by atoms with Crippen LogP contribution in [0.4, 0.5) is 0 Å². The zero-order chi connectivity index (χ0) is 11.2. The Bertz CT molecular complexity index is 171. The average molecular weight is 204 g/mol. The highest BCUT2D eigenvalue weighted by atomic mass is 17.2. The standard InChI is InChI=1S/C10H20O4/c1-5-6-7-8(9(11)12)13-14-10(2,3)4/h8H,5-7H2,1-4H3,(H,11,12). The third-order valence-corrected chi connectivity index (χ3v) is 1.51. The van der Waals surface area contributed by atoms with E-state index in [0.717, 1.165) is 12.8 Å². The van der Waals surface area contributed by atoms with Gasteiger partial charge in [-0.25, -0.2) is 14.6 Å². The van der Waals surface area contributed by atoms with Gasteiger partial charge in [0.1, 0.15) is 0 Å². The first-order chi connectivity index (χ1) is 6.37. The van der Waals surface area contributed by atoms with Gasteiger partial charge in [0.25, 0.3) is 0 Å². The van der Waals surface area contributed by atoms with E-state index in [0.29, 0.717) is 6.42 Å². The summed E-state index contributed by atoms with van der Waals surface area (Å²) in [5, 5.41) is 8.79. The van der Waals surface area contributed by atoms with Gasteiger partial charge in [0.05, 0.1) is 5.60 Å². The summed E-state index contributed by atoms with van der Waals surface area (Å²) in [5.41, 5.74) is -0.472. The van der Waals surface area contributed by atoms with E-state index >= 15 is 0 Å². The Morgan fingerprint density at radius 2 is 2.00 bits per heavy atom. The minimum atomic E-state index is -0.970. The summed E-state index contributed by atoms with van der Waals surface area (Å²) < 4.78 is 0. The maximum Gasteiger partial charge on any atom is 0.336 e. The topological polar surface area (TPSA) is 55.8 Å². The van der Waals surface area contributed by atoms with Gasteiger partial charge in [-0.1, -0.05) is 19.8 Å². The number of carboxylic acid groups (broad SMARTS) is 1. The lowest BCUT2D eigenvalue weighted by molar-refractivity contribution is -0.368. The second-order valence-corrected chi connectivity index (χ2v) is 4.26. The van der Waals surface area contributed by atoms with Gasteiger partial charge >= 0.3 is 5.97 Å². The zero-order valence-corrected chi connectivity index (χ0v) is 9.37. The van der Waals surface area contributed by atoms with Crippen molar-refractivity contribution in [1.29, 1.82) is 0 Å². The number of aliphatic carboxylic acids is 1. The fourth-order valence-corrected chi connectivity index (χ4v) is 0.805. The second kappa shape index (κ2) is 5.98. The van der Waals surface area contributed by atoms with Gasteiger partial charge in [-0.05, 0) is 27.2 Å². The number of unbranched alkanes of at least 4 members (excludes halogenated alkanes) is 1. The van der Waals surface area contributed by atoms with Crippen molar-refractivity contribution in [3.05, 3.63) is 0 Å². The summed E-state index contributed by atoms with van der Waals surface area (Å²) in [6, 6.07) is 0. The lowest BCUT2D eigenvalue weighted by atomic mass is 10.2. The van der Waals surface area contributed by atoms with Crippen molar-refractivity contribution in [1.82, 2.24) is 0 Å². The molecular weight excluding hydrogens is 184 g/mol. The van der Waals surface area contributed by atoms with Crippen LogP contribution in [0.3, 0.4) is 0 Å². The Labute approximate surface area is 85.1 Å². The first-order valence-electron chi connectivity index (χ1n) is 4.94. The van der Waals surface area contributed by atoms with Crippen LogP contribution in [-0.4, -0.2) is 22.8 Å². The Balaban J connectivity index is 3.91. The van der Waals surface area contributed by atoms with Crippen LogP contribution in [0.15, 0.2) is 0 Å². The number of hydrogen-bond donors (Lipinski definition) is 1. The molecule has 1 atom stereocenters. The summed E-state index contributed by atoms with van der Waals surface area (Å²) in [4.78, 5) is 20.6. The van der Waals surface area contributed by atoms with Gasteiger partial charge < -0.3 is 5.11 Å². The molecule has 14 heavy (non-hydrogen) atoms. The van der Waals surface area contributed by atoms with Gasteiger partial charge in [0.2, 0.25) is 0 Å². The molecule has 1 unspecified atom stereocenters. The van der Waals surface area contributed by atoms with E-state index in [1.165, 1.54) is 0 Å². The normalized spacial score (nSPS) is 14.0. The summed E-state index contributed by atoms with van der Waals surface area (Å²) in [6.07, 6.45) is 1.41. The highest BCUT2D eigenvalue weighted by Gasteiger charge is 2.22. The van der Waals surface area contributed by atoms with Crippen LogP contribution in [0.1, 0.15) is 47.0 Å². The maximum absolute atomic E-state index is 10.7. The molecule has 0 aromatic carbocycles. The molecule has 0 saturated carbocycles. The minimum absolute atomic E-state index is 0.472. The molecule has 0 spiro atoms. The Morgan fingerprint density at radius 3 is 2.36 bits per heavy atom. The van der Waals surface area contributed by atoms with Crippen LogP contribution in [0.5, 0.6) is 0 Å². The Morgan fingerprint density at radius 1 is 1.43 bits per heavy atom. The van der Waals surface area contributed by atoms with Crippen molar-refractivity contribution in [3.63, 3.8) is 0 Å². The fourth-order valence-electron chi connectivity index (χ4n) is 0.805. The van der Waals surface area contributed by atoms with Gasteiger partial charge in [0.15, 0.2) is 6.10 Å². The summed E-state index contributed by atoms with van der Waals surface area (Å²) in [6.45, 7) is 7.44. The number of hydrogen-bond acceptors (Lipinski definition) is 3. The average Bonchev–Trinajstić information content (AvgIpc) is 2.01. The van der Waals surface area contributed by atoms with Crippen LogP contribution in [0.25, 0.3) is 0 Å². The molecule has 0 heterocycles. The molecule has 0 aromatic rings. The lowest BCUT2D eigenvalue weighted by Gasteiger charge is -2.20. The molecule has 1 N–H and O–H groups in total. The van der Waals surface area contributed by atoms with E-state index < -0.39 is 17.7 Å². The first-order valence-corrected chi connectivity index (χ1v) is 4.94. The van der Waals surface area contributed by atoms with Crippen LogP contribution >= 0.6 is 0 Å². The predicted octanol–water partition coefficient (Wildman–Crippen LogP) is 2.38. The van der Waals surface area contributed by atoms with Gasteiger partial charge in [-0.2, -0.15) is 0 Å². The van der Waals surface area contributed by atoms with Crippen molar-refractivity contribution >= 4 is 5.97 Å². The molecular formula is C10H20O4. The quantitative estimate of drug-likeness (QED) is 0.533. The van der Waals surface area contributed by atoms with E-state index in [9.17, 15) is 4.79 Å². The van der Waals surface area contributed by atoms with Crippen molar-refractivity contribution in [3.8, 4) is 0 Å². The molecule has 0 amide bonds. The molecule has 0 aliphatic carbocycles. The summed E-state index contributed by atoms with van der Waals surface area (Å²) in [5.74, 6) is -0.970. The highest BCUT2D eigenvalue weighted by Crippen LogP contribution is 2.12. The summed E-state index contributed by atoms with van der Waals surface area (Å²) >= 11 is 0. The molecule has 4 heteroatoms. The predicted molar refractivity (Wildman–Crippen MR) is 52.9 cm³/mol. The number of carbonyl (C=O) groups is 1. The number of rotatable bonds is 6. The van der Waals surface area contributed by atoms with E-state index in [1.807, 2.05) is 27.7 Å². The molecule has 0 fully saturated rings. The molecule has 0 bridgehead atoms. The largest absolute Gasteiger partial charge is 0.479 e. The molecule has 4 nitrogen and oxygen atoms in total. The lowest BCUT2D eigenvalue weighted by Crippen LogP contribution is -2.29.